The minimum absolute atomic E-state index is 0.0605. The molecule has 16 heavy (non-hydrogen) atoms. The number of guanidine groups is 1. The molecule has 1 aliphatic rings. The molecule has 0 saturated heterocycles. The number of nitrogens with one attached hydrogen (secondary N) is 1. The van der Waals surface area contributed by atoms with E-state index in [9.17, 15) is 0 Å². The molecular formula is C7H12N8S. The molecule has 2 rings (SSSR count). The second-order valence-electron chi connectivity index (χ2n) is 3.40. The highest BCUT2D eigenvalue weighted by Crippen LogP contribution is 2.34. The average Bonchev–Trinajstić information content (AvgIpc) is 2.94. The fourth-order valence-electron chi connectivity index (χ4n) is 1.19. The minimum Gasteiger partial charge on any atom is -0.370 e. The first-order valence-corrected chi connectivity index (χ1v) is 5.73. The Labute approximate surface area is 96.0 Å². The number of thioether (sulfide) groups is 1. The Kier molecular flexibility index (Phi) is 3.04. The monoisotopic (exact) mass is 240 g/mol. The third-order valence-electron chi connectivity index (χ3n) is 2.02. The molecule has 9 heteroatoms. The van der Waals surface area contributed by atoms with Gasteiger partial charge in [-0.05, 0) is 23.3 Å². The van der Waals surface area contributed by atoms with Crippen molar-refractivity contribution in [3.8, 4) is 0 Å². The van der Waals surface area contributed by atoms with E-state index in [2.05, 4.69) is 20.5 Å². The zero-order valence-electron chi connectivity index (χ0n) is 8.50. The van der Waals surface area contributed by atoms with E-state index in [4.69, 9.17) is 16.9 Å². The van der Waals surface area contributed by atoms with Gasteiger partial charge >= 0.3 is 0 Å². The number of hydrogen-bond donors (Lipinski definition) is 3. The first-order chi connectivity index (χ1) is 7.66. The van der Waals surface area contributed by atoms with Crippen molar-refractivity contribution >= 4 is 22.9 Å². The third-order valence-corrected chi connectivity index (χ3v) is 2.79. The fourth-order valence-corrected chi connectivity index (χ4v) is 1.82. The van der Waals surface area contributed by atoms with Crippen LogP contribution in [0.5, 0.6) is 0 Å². The van der Waals surface area contributed by atoms with Gasteiger partial charge in [-0.2, -0.15) is 4.99 Å². The summed E-state index contributed by atoms with van der Waals surface area (Å²) in [5, 5.41) is 18.9. The molecule has 1 heterocycles. The highest BCUT2D eigenvalue weighted by atomic mass is 32.2. The number of amidine groups is 1. The van der Waals surface area contributed by atoms with Crippen molar-refractivity contribution in [3.63, 3.8) is 0 Å². The van der Waals surface area contributed by atoms with E-state index >= 15 is 0 Å². The Morgan fingerprint density at radius 3 is 2.94 bits per heavy atom. The molecule has 1 aromatic rings. The van der Waals surface area contributed by atoms with Crippen molar-refractivity contribution in [3.05, 3.63) is 5.82 Å². The van der Waals surface area contributed by atoms with Crippen molar-refractivity contribution in [2.45, 2.75) is 24.6 Å². The lowest BCUT2D eigenvalue weighted by atomic mass is 10.6. The van der Waals surface area contributed by atoms with Crippen LogP contribution in [-0.4, -0.2) is 31.3 Å². The number of nitrogens with zero attached hydrogens (tertiary/aromatic N) is 5. The lowest BCUT2D eigenvalue weighted by Crippen LogP contribution is -2.23. The van der Waals surface area contributed by atoms with Gasteiger partial charge in [-0.25, -0.2) is 4.68 Å². The Morgan fingerprint density at radius 2 is 2.31 bits per heavy atom. The normalized spacial score (nSPS) is 14.8. The molecule has 1 aromatic heterocycles. The van der Waals surface area contributed by atoms with Crippen LogP contribution in [0.4, 0.5) is 0 Å². The van der Waals surface area contributed by atoms with E-state index in [0.717, 1.165) is 18.7 Å². The van der Waals surface area contributed by atoms with Crippen molar-refractivity contribution in [2.24, 2.45) is 16.5 Å². The molecule has 0 radical (unpaired) electrons. The molecule has 5 N–H and O–H groups in total. The summed E-state index contributed by atoms with van der Waals surface area (Å²) in [6.07, 6.45) is 2.24. The summed E-state index contributed by atoms with van der Waals surface area (Å²) in [4.78, 5) is 3.61. The van der Waals surface area contributed by atoms with Crippen LogP contribution in [0.2, 0.25) is 0 Å². The molecule has 0 spiro atoms. The van der Waals surface area contributed by atoms with Crippen molar-refractivity contribution in [1.82, 2.24) is 20.2 Å². The zero-order chi connectivity index (χ0) is 11.5. The maximum Gasteiger partial charge on any atom is 0.193 e. The number of hydrogen-bond acceptors (Lipinski definition) is 5. The van der Waals surface area contributed by atoms with Gasteiger partial charge in [-0.15, -0.1) is 5.10 Å². The van der Waals surface area contributed by atoms with Crippen molar-refractivity contribution in [2.75, 3.05) is 0 Å². The largest absolute Gasteiger partial charge is 0.370 e. The van der Waals surface area contributed by atoms with Gasteiger partial charge in [0, 0.05) is 0 Å². The third kappa shape index (κ3) is 2.69. The lowest BCUT2D eigenvalue weighted by Gasteiger charge is -2.01. The van der Waals surface area contributed by atoms with Gasteiger partial charge < -0.3 is 11.5 Å². The van der Waals surface area contributed by atoms with Gasteiger partial charge in [-0.3, -0.25) is 5.41 Å². The maximum atomic E-state index is 7.45. The Balaban J connectivity index is 1.91. The van der Waals surface area contributed by atoms with Crippen LogP contribution >= 0.6 is 11.8 Å². The van der Waals surface area contributed by atoms with Crippen LogP contribution in [0, 0.1) is 5.41 Å². The zero-order valence-corrected chi connectivity index (χ0v) is 9.31. The number of aliphatic imine (C=N–C) groups is 1. The van der Waals surface area contributed by atoms with E-state index in [-0.39, 0.29) is 11.1 Å². The molecule has 1 fully saturated rings. The second kappa shape index (κ2) is 4.47. The standard InChI is InChI=1S/C7H12N8S/c8-6(9)11-7(10)16-3-5-12-13-14-15(5)4-1-2-4/h4H,1-3H2,(H5,8,9,10,11). The van der Waals surface area contributed by atoms with Crippen LogP contribution in [0.3, 0.4) is 0 Å². The molecule has 0 amide bonds. The Bertz CT molecular complexity index is 416. The Morgan fingerprint density at radius 1 is 1.56 bits per heavy atom. The van der Waals surface area contributed by atoms with Crippen LogP contribution in [0.25, 0.3) is 0 Å². The molecule has 1 aliphatic carbocycles. The predicted molar refractivity (Wildman–Crippen MR) is 60.9 cm³/mol. The molecule has 0 bridgehead atoms. The minimum atomic E-state index is -0.112. The molecule has 0 atom stereocenters. The van der Waals surface area contributed by atoms with E-state index < -0.39 is 0 Å². The van der Waals surface area contributed by atoms with Crippen LogP contribution in [0.1, 0.15) is 24.7 Å². The van der Waals surface area contributed by atoms with Crippen LogP contribution in [-0.2, 0) is 5.75 Å². The summed E-state index contributed by atoms with van der Waals surface area (Å²) in [7, 11) is 0. The van der Waals surface area contributed by atoms with E-state index in [1.807, 2.05) is 0 Å². The molecule has 0 aliphatic heterocycles. The molecular weight excluding hydrogens is 228 g/mol. The Hall–Kier alpha value is -1.64. The van der Waals surface area contributed by atoms with Crippen LogP contribution in [0.15, 0.2) is 4.99 Å². The maximum absolute atomic E-state index is 7.45. The SMILES string of the molecule is N=C(N=C(N)N)SCc1nnnn1C1CC1. The summed E-state index contributed by atoms with van der Waals surface area (Å²) >= 11 is 1.19. The van der Waals surface area contributed by atoms with E-state index in [0.29, 0.717) is 11.8 Å². The highest BCUT2D eigenvalue weighted by molar-refractivity contribution is 8.13. The number of nitrogens with two attached hydrogens (primary N) is 2. The van der Waals surface area contributed by atoms with Gasteiger partial charge in [-0.1, -0.05) is 11.8 Å². The summed E-state index contributed by atoms with van der Waals surface area (Å²) in [5.74, 6) is 1.14. The highest BCUT2D eigenvalue weighted by Gasteiger charge is 2.27. The van der Waals surface area contributed by atoms with Crippen molar-refractivity contribution in [1.29, 1.82) is 5.41 Å². The predicted octanol–water partition coefficient (Wildman–Crippen LogP) is -0.551. The molecule has 8 nitrogen and oxygen atoms in total. The summed E-state index contributed by atoms with van der Waals surface area (Å²) in [6.45, 7) is 0. The quantitative estimate of drug-likeness (QED) is 0.479. The summed E-state index contributed by atoms with van der Waals surface area (Å²) in [5.41, 5.74) is 10.3. The van der Waals surface area contributed by atoms with Crippen LogP contribution < -0.4 is 11.5 Å². The summed E-state index contributed by atoms with van der Waals surface area (Å²) in [6, 6.07) is 0.433. The smallest absolute Gasteiger partial charge is 0.193 e. The summed E-state index contributed by atoms with van der Waals surface area (Å²) < 4.78 is 1.80. The number of tetrazole rings is 1. The second-order valence-corrected chi connectivity index (χ2v) is 4.37. The molecule has 0 unspecified atom stereocenters. The first kappa shape index (κ1) is 10.9. The topological polar surface area (TPSA) is 132 Å². The molecule has 86 valence electrons. The molecule has 0 aromatic carbocycles. The number of rotatable bonds is 3. The molecule has 1 saturated carbocycles. The van der Waals surface area contributed by atoms with E-state index in [1.54, 1.807) is 4.68 Å². The van der Waals surface area contributed by atoms with Gasteiger partial charge in [0.25, 0.3) is 0 Å². The van der Waals surface area contributed by atoms with Gasteiger partial charge in [0.15, 0.2) is 17.0 Å². The average molecular weight is 240 g/mol. The first-order valence-electron chi connectivity index (χ1n) is 4.74. The van der Waals surface area contributed by atoms with Gasteiger partial charge in [0.2, 0.25) is 0 Å². The number of aromatic nitrogens is 4. The van der Waals surface area contributed by atoms with Gasteiger partial charge in [0.05, 0.1) is 11.8 Å². The van der Waals surface area contributed by atoms with Gasteiger partial charge in [0.1, 0.15) is 0 Å². The van der Waals surface area contributed by atoms with Crippen molar-refractivity contribution < 1.29 is 0 Å². The lowest BCUT2D eigenvalue weighted by molar-refractivity contribution is 0.593. The fraction of sp³-hybridized carbons (Fsp3) is 0.571. The van der Waals surface area contributed by atoms with E-state index in [1.165, 1.54) is 11.8 Å².